The first-order valence-corrected chi connectivity index (χ1v) is 12.0. The molecule has 30 heavy (non-hydrogen) atoms. The third-order valence-corrected chi connectivity index (χ3v) is 7.45. The lowest BCUT2D eigenvalue weighted by Gasteiger charge is -2.34. The number of hydrogen-bond donors (Lipinski definition) is 1. The average molecular weight is 557 g/mol. The van der Waals surface area contributed by atoms with Crippen LogP contribution in [0.3, 0.4) is 0 Å². The van der Waals surface area contributed by atoms with Crippen LogP contribution in [0, 0.1) is 3.57 Å². The number of carbonyl (C=O) groups is 1. The van der Waals surface area contributed by atoms with Crippen molar-refractivity contribution in [3.05, 3.63) is 50.6 Å². The summed E-state index contributed by atoms with van der Waals surface area (Å²) in [5.74, 6) is 0.625. The summed E-state index contributed by atoms with van der Waals surface area (Å²) in [5, 5.41) is 4.61. The number of amides is 1. The van der Waals surface area contributed by atoms with Crippen molar-refractivity contribution in [2.24, 2.45) is 0 Å². The van der Waals surface area contributed by atoms with E-state index < -0.39 is 0 Å². The van der Waals surface area contributed by atoms with Gasteiger partial charge in [-0.25, -0.2) is 4.98 Å². The maximum Gasteiger partial charge on any atom is 0.252 e. The van der Waals surface area contributed by atoms with Crippen LogP contribution >= 0.6 is 45.5 Å². The number of halogens is 2. The minimum Gasteiger partial charge on any atom is -0.493 e. The van der Waals surface area contributed by atoms with Gasteiger partial charge in [-0.3, -0.25) is 9.69 Å². The van der Waals surface area contributed by atoms with Gasteiger partial charge in [0.1, 0.15) is 5.52 Å². The summed E-state index contributed by atoms with van der Waals surface area (Å²) in [4.78, 5) is 21.8. The molecule has 1 fully saturated rings. The highest BCUT2D eigenvalue weighted by Gasteiger charge is 2.21. The Labute approximate surface area is 198 Å². The number of nitrogens with zero attached hydrogens (tertiary/aromatic N) is 3. The van der Waals surface area contributed by atoms with Gasteiger partial charge in [-0.15, -0.1) is 0 Å². The number of methoxy groups -OCH3 is 1. The highest BCUT2D eigenvalue weighted by molar-refractivity contribution is 14.1. The SMILES string of the molecule is COc1c(Cl)ccc2sc(N3CCN(CCNC(=O)c4ccccc4I)CC3)nc12. The molecule has 0 saturated carbocycles. The molecule has 0 radical (unpaired) electrons. The first kappa shape index (κ1) is 21.6. The lowest BCUT2D eigenvalue weighted by atomic mass is 10.2. The second kappa shape index (κ2) is 9.67. The summed E-state index contributed by atoms with van der Waals surface area (Å²) in [7, 11) is 1.62. The molecule has 3 aromatic rings. The van der Waals surface area contributed by atoms with Gasteiger partial charge in [0, 0.05) is 42.8 Å². The van der Waals surface area contributed by atoms with E-state index in [1.807, 2.05) is 36.4 Å². The average Bonchev–Trinajstić information content (AvgIpc) is 3.19. The highest BCUT2D eigenvalue weighted by atomic mass is 127. The van der Waals surface area contributed by atoms with E-state index in [4.69, 9.17) is 21.3 Å². The van der Waals surface area contributed by atoms with Crippen molar-refractivity contribution < 1.29 is 9.53 Å². The van der Waals surface area contributed by atoms with Crippen LogP contribution in [0.15, 0.2) is 36.4 Å². The maximum atomic E-state index is 12.3. The van der Waals surface area contributed by atoms with Crippen molar-refractivity contribution in [2.75, 3.05) is 51.3 Å². The van der Waals surface area contributed by atoms with Crippen LogP contribution in [-0.2, 0) is 0 Å². The van der Waals surface area contributed by atoms with Gasteiger partial charge in [0.25, 0.3) is 5.91 Å². The number of nitrogens with one attached hydrogen (secondary N) is 1. The molecule has 0 unspecified atom stereocenters. The molecule has 1 aliphatic rings. The zero-order valence-corrected chi connectivity index (χ0v) is 20.3. The molecule has 0 spiro atoms. The van der Waals surface area contributed by atoms with Crippen LogP contribution in [0.25, 0.3) is 10.2 Å². The number of piperazine rings is 1. The first-order valence-electron chi connectivity index (χ1n) is 9.70. The third-order valence-electron chi connectivity index (χ3n) is 5.13. The van der Waals surface area contributed by atoms with E-state index in [0.717, 1.165) is 57.2 Å². The standard InChI is InChI=1S/C21H22ClIN4O2S/c1-29-19-15(22)6-7-17-18(19)25-21(30-17)27-12-10-26(11-13-27)9-8-24-20(28)14-4-2-3-5-16(14)23/h2-7H,8-13H2,1H3,(H,24,28). The van der Waals surface area contributed by atoms with Crippen LogP contribution in [0.5, 0.6) is 5.75 Å². The monoisotopic (exact) mass is 556 g/mol. The van der Waals surface area contributed by atoms with E-state index in [1.54, 1.807) is 18.4 Å². The van der Waals surface area contributed by atoms with Crippen LogP contribution < -0.4 is 15.0 Å². The van der Waals surface area contributed by atoms with E-state index in [2.05, 4.69) is 37.7 Å². The molecule has 6 nitrogen and oxygen atoms in total. The highest BCUT2D eigenvalue weighted by Crippen LogP contribution is 2.38. The molecule has 1 amide bonds. The number of aromatic nitrogens is 1. The largest absolute Gasteiger partial charge is 0.493 e. The quantitative estimate of drug-likeness (QED) is 0.463. The zero-order chi connectivity index (χ0) is 21.1. The molecule has 9 heteroatoms. The molecule has 4 rings (SSSR count). The fourth-order valence-electron chi connectivity index (χ4n) is 3.49. The van der Waals surface area contributed by atoms with Gasteiger partial charge in [-0.1, -0.05) is 35.1 Å². The Balaban J connectivity index is 1.30. The van der Waals surface area contributed by atoms with Crippen molar-refractivity contribution in [1.82, 2.24) is 15.2 Å². The Morgan fingerprint density at radius 2 is 2.00 bits per heavy atom. The number of carbonyl (C=O) groups excluding carboxylic acids is 1. The number of anilines is 1. The molecule has 0 bridgehead atoms. The van der Waals surface area contributed by atoms with Gasteiger partial charge in [0.05, 0.1) is 22.4 Å². The van der Waals surface area contributed by atoms with Gasteiger partial charge in [0.15, 0.2) is 10.9 Å². The molecule has 1 N–H and O–H groups in total. The van der Waals surface area contributed by atoms with E-state index in [-0.39, 0.29) is 5.91 Å². The second-order valence-corrected chi connectivity index (χ2v) is 9.57. The Bertz CT molecular complexity index is 1050. The normalized spacial score (nSPS) is 14.8. The molecular weight excluding hydrogens is 535 g/mol. The molecular formula is C21H22ClIN4O2S. The summed E-state index contributed by atoms with van der Waals surface area (Å²) < 4.78 is 7.47. The topological polar surface area (TPSA) is 57.7 Å². The lowest BCUT2D eigenvalue weighted by molar-refractivity contribution is 0.0947. The number of benzene rings is 2. The van der Waals surface area contributed by atoms with Gasteiger partial charge >= 0.3 is 0 Å². The van der Waals surface area contributed by atoms with Gasteiger partial charge in [-0.2, -0.15) is 0 Å². The molecule has 0 atom stereocenters. The van der Waals surface area contributed by atoms with Crippen molar-refractivity contribution >= 4 is 66.8 Å². The molecule has 158 valence electrons. The van der Waals surface area contributed by atoms with Crippen molar-refractivity contribution in [3.8, 4) is 5.75 Å². The minimum absolute atomic E-state index is 0.0132. The zero-order valence-electron chi connectivity index (χ0n) is 16.5. The molecule has 1 aliphatic heterocycles. The predicted octanol–water partition coefficient (Wildman–Crippen LogP) is 4.11. The third kappa shape index (κ3) is 4.66. The summed E-state index contributed by atoms with van der Waals surface area (Å²) in [6.45, 7) is 5.16. The van der Waals surface area contributed by atoms with Gasteiger partial charge in [0.2, 0.25) is 0 Å². The Kier molecular flexibility index (Phi) is 6.97. The number of ether oxygens (including phenoxy) is 1. The number of hydrogen-bond acceptors (Lipinski definition) is 6. The van der Waals surface area contributed by atoms with Crippen LogP contribution in [0.2, 0.25) is 5.02 Å². The van der Waals surface area contributed by atoms with Crippen molar-refractivity contribution in [1.29, 1.82) is 0 Å². The molecule has 0 aliphatic carbocycles. The van der Waals surface area contributed by atoms with Crippen LogP contribution in [0.1, 0.15) is 10.4 Å². The molecule has 1 saturated heterocycles. The fraction of sp³-hybridized carbons (Fsp3) is 0.333. The number of fused-ring (bicyclic) bond motifs is 1. The predicted molar refractivity (Wildman–Crippen MR) is 131 cm³/mol. The van der Waals surface area contributed by atoms with E-state index in [0.29, 0.717) is 17.3 Å². The number of rotatable bonds is 6. The number of thiazole rings is 1. The van der Waals surface area contributed by atoms with E-state index >= 15 is 0 Å². The Morgan fingerprint density at radius 1 is 1.23 bits per heavy atom. The Morgan fingerprint density at radius 3 is 2.73 bits per heavy atom. The smallest absolute Gasteiger partial charge is 0.252 e. The van der Waals surface area contributed by atoms with E-state index in [9.17, 15) is 4.79 Å². The Hall–Kier alpha value is -1.62. The minimum atomic E-state index is -0.0132. The molecule has 2 aromatic carbocycles. The maximum absolute atomic E-state index is 12.3. The summed E-state index contributed by atoms with van der Waals surface area (Å²) in [6, 6.07) is 11.5. The van der Waals surface area contributed by atoms with Gasteiger partial charge in [-0.05, 0) is 46.9 Å². The fourth-order valence-corrected chi connectivity index (χ4v) is 5.37. The molecule has 1 aromatic heterocycles. The van der Waals surface area contributed by atoms with Crippen LogP contribution in [-0.4, -0.2) is 62.2 Å². The molecule has 2 heterocycles. The van der Waals surface area contributed by atoms with E-state index in [1.165, 1.54) is 0 Å². The van der Waals surface area contributed by atoms with Crippen LogP contribution in [0.4, 0.5) is 5.13 Å². The summed E-state index contributed by atoms with van der Waals surface area (Å²) >= 11 is 10.1. The first-order chi connectivity index (χ1) is 14.6. The summed E-state index contributed by atoms with van der Waals surface area (Å²) in [5.41, 5.74) is 1.56. The lowest BCUT2D eigenvalue weighted by Crippen LogP contribution is -2.48. The van der Waals surface area contributed by atoms with Gasteiger partial charge < -0.3 is 15.0 Å². The second-order valence-electron chi connectivity index (χ2n) is 6.99. The van der Waals surface area contributed by atoms with Crippen molar-refractivity contribution in [3.63, 3.8) is 0 Å². The summed E-state index contributed by atoms with van der Waals surface area (Å²) in [6.07, 6.45) is 0. The van der Waals surface area contributed by atoms with Crippen molar-refractivity contribution in [2.45, 2.75) is 0 Å².